The third-order valence-electron chi connectivity index (χ3n) is 3.62. The number of rotatable bonds is 8. The van der Waals surface area contributed by atoms with Gasteiger partial charge in [-0.2, -0.15) is 0 Å². The second kappa shape index (κ2) is 8.62. The molecule has 0 fully saturated rings. The van der Waals surface area contributed by atoms with E-state index in [1.807, 2.05) is 6.92 Å². The Balaban J connectivity index is 2.16. The van der Waals surface area contributed by atoms with Crippen LogP contribution in [0.5, 0.6) is 11.5 Å². The fourth-order valence-corrected chi connectivity index (χ4v) is 2.79. The van der Waals surface area contributed by atoms with Crippen LogP contribution < -0.4 is 14.8 Å². The van der Waals surface area contributed by atoms with Crippen LogP contribution in [0.15, 0.2) is 22.8 Å². The summed E-state index contributed by atoms with van der Waals surface area (Å²) in [6, 6.07) is 3.40. The number of halogens is 1. The molecule has 8 heteroatoms. The lowest BCUT2D eigenvalue weighted by Gasteiger charge is -2.13. The number of amides is 1. The molecular formula is C18H20ClNO6. The van der Waals surface area contributed by atoms with Crippen LogP contribution in [0.4, 0.5) is 0 Å². The molecule has 0 aliphatic heterocycles. The Hall–Kier alpha value is -2.67. The topological polar surface area (TPSA) is 98.0 Å². The van der Waals surface area contributed by atoms with Gasteiger partial charge in [0, 0.05) is 12.1 Å². The van der Waals surface area contributed by atoms with Gasteiger partial charge >= 0.3 is 5.97 Å². The van der Waals surface area contributed by atoms with Gasteiger partial charge in [-0.15, -0.1) is 0 Å². The SMILES string of the molecule is CCOc1c(Cl)cc(CNC(=O)c2c(C)coc2CC(=O)O)cc1OC. The first-order chi connectivity index (χ1) is 12.4. The summed E-state index contributed by atoms with van der Waals surface area (Å²) < 4.78 is 15.9. The maximum Gasteiger partial charge on any atom is 0.311 e. The number of carbonyl (C=O) groups is 2. The van der Waals surface area contributed by atoms with Crippen molar-refractivity contribution in [2.75, 3.05) is 13.7 Å². The van der Waals surface area contributed by atoms with Crippen LogP contribution in [0.3, 0.4) is 0 Å². The van der Waals surface area contributed by atoms with Gasteiger partial charge in [-0.1, -0.05) is 11.6 Å². The Morgan fingerprint density at radius 2 is 2.08 bits per heavy atom. The predicted octanol–water partition coefficient (Wildman–Crippen LogP) is 3.21. The van der Waals surface area contributed by atoms with E-state index in [1.165, 1.54) is 13.4 Å². The maximum absolute atomic E-state index is 12.5. The molecule has 0 saturated carbocycles. The predicted molar refractivity (Wildman–Crippen MR) is 95.1 cm³/mol. The number of ether oxygens (including phenoxy) is 2. The Bertz CT molecular complexity index is 814. The van der Waals surface area contributed by atoms with Crippen LogP contribution in [0.1, 0.15) is 34.2 Å². The van der Waals surface area contributed by atoms with E-state index >= 15 is 0 Å². The summed E-state index contributed by atoms with van der Waals surface area (Å²) in [5.74, 6) is -0.460. The first-order valence-electron chi connectivity index (χ1n) is 7.93. The van der Waals surface area contributed by atoms with E-state index in [9.17, 15) is 9.59 Å². The zero-order valence-corrected chi connectivity index (χ0v) is 15.5. The minimum atomic E-state index is -1.07. The summed E-state index contributed by atoms with van der Waals surface area (Å²) in [4.78, 5) is 23.4. The molecule has 1 heterocycles. The lowest BCUT2D eigenvalue weighted by Crippen LogP contribution is -2.24. The van der Waals surface area contributed by atoms with Crippen molar-refractivity contribution < 1.29 is 28.6 Å². The van der Waals surface area contributed by atoms with E-state index in [0.717, 1.165) is 0 Å². The molecule has 0 aliphatic rings. The first kappa shape index (κ1) is 19.7. The lowest BCUT2D eigenvalue weighted by atomic mass is 10.1. The highest BCUT2D eigenvalue weighted by atomic mass is 35.5. The summed E-state index contributed by atoms with van der Waals surface area (Å²) >= 11 is 6.22. The number of nitrogens with one attached hydrogen (secondary N) is 1. The Labute approximate surface area is 155 Å². The molecule has 7 nitrogen and oxygen atoms in total. The van der Waals surface area contributed by atoms with Crippen molar-refractivity contribution in [1.82, 2.24) is 5.32 Å². The van der Waals surface area contributed by atoms with E-state index in [-0.39, 0.29) is 24.3 Å². The molecule has 1 amide bonds. The number of hydrogen-bond acceptors (Lipinski definition) is 5. The fourth-order valence-electron chi connectivity index (χ4n) is 2.50. The zero-order valence-electron chi connectivity index (χ0n) is 14.7. The molecule has 0 bridgehead atoms. The first-order valence-corrected chi connectivity index (χ1v) is 8.31. The minimum absolute atomic E-state index is 0.120. The number of carbonyl (C=O) groups excluding carboxylic acids is 1. The summed E-state index contributed by atoms with van der Waals surface area (Å²) in [6.07, 6.45) is 1.00. The van der Waals surface area contributed by atoms with Gasteiger partial charge in [0.2, 0.25) is 0 Å². The fraction of sp³-hybridized carbons (Fsp3) is 0.333. The number of benzene rings is 1. The molecule has 0 unspecified atom stereocenters. The zero-order chi connectivity index (χ0) is 19.3. The standard InChI is InChI=1S/C18H20ClNO6/c1-4-25-17-12(19)5-11(6-14(17)24-3)8-20-18(23)16-10(2)9-26-13(16)7-15(21)22/h5-6,9H,4,7-8H2,1-3H3,(H,20,23)(H,21,22). The number of carboxylic acids is 1. The van der Waals surface area contributed by atoms with E-state index in [4.69, 9.17) is 30.6 Å². The van der Waals surface area contributed by atoms with Crippen LogP contribution in [0, 0.1) is 6.92 Å². The third-order valence-corrected chi connectivity index (χ3v) is 3.90. The number of aliphatic carboxylic acids is 1. The van der Waals surface area contributed by atoms with E-state index in [2.05, 4.69) is 5.32 Å². The Morgan fingerprint density at radius 3 is 2.69 bits per heavy atom. The van der Waals surface area contributed by atoms with Crippen molar-refractivity contribution in [1.29, 1.82) is 0 Å². The summed E-state index contributed by atoms with van der Waals surface area (Å²) in [7, 11) is 1.50. The van der Waals surface area contributed by atoms with Crippen molar-refractivity contribution in [3.8, 4) is 11.5 Å². The molecule has 0 aliphatic carbocycles. The van der Waals surface area contributed by atoms with Gasteiger partial charge in [0.25, 0.3) is 5.91 Å². The molecular weight excluding hydrogens is 362 g/mol. The summed E-state index contributed by atoms with van der Waals surface area (Å²) in [6.45, 7) is 4.14. The van der Waals surface area contributed by atoms with Gasteiger partial charge in [-0.25, -0.2) is 0 Å². The van der Waals surface area contributed by atoms with Crippen molar-refractivity contribution >= 4 is 23.5 Å². The normalized spacial score (nSPS) is 10.5. The largest absolute Gasteiger partial charge is 0.493 e. The Kier molecular flexibility index (Phi) is 6.52. The molecule has 0 saturated heterocycles. The van der Waals surface area contributed by atoms with E-state index in [1.54, 1.807) is 19.1 Å². The van der Waals surface area contributed by atoms with Crippen LogP contribution >= 0.6 is 11.6 Å². The van der Waals surface area contributed by atoms with Gasteiger partial charge in [0.05, 0.1) is 30.6 Å². The number of aryl methyl sites for hydroxylation is 1. The average Bonchev–Trinajstić information content (AvgIpc) is 2.94. The second-order valence-corrected chi connectivity index (χ2v) is 5.92. The van der Waals surface area contributed by atoms with E-state index in [0.29, 0.717) is 34.3 Å². The second-order valence-electron chi connectivity index (χ2n) is 5.51. The highest BCUT2D eigenvalue weighted by Crippen LogP contribution is 2.36. The number of hydrogen-bond donors (Lipinski definition) is 2. The molecule has 140 valence electrons. The van der Waals surface area contributed by atoms with Gasteiger partial charge in [0.15, 0.2) is 11.5 Å². The molecule has 1 aromatic heterocycles. The lowest BCUT2D eigenvalue weighted by molar-refractivity contribution is -0.136. The number of carboxylic acid groups (broad SMARTS) is 1. The van der Waals surface area contributed by atoms with Gasteiger partial charge in [-0.05, 0) is 31.5 Å². The van der Waals surface area contributed by atoms with Crippen molar-refractivity contribution in [2.45, 2.75) is 26.8 Å². The van der Waals surface area contributed by atoms with Crippen LogP contribution in [0.25, 0.3) is 0 Å². The quantitative estimate of drug-likeness (QED) is 0.728. The Morgan fingerprint density at radius 1 is 1.35 bits per heavy atom. The van der Waals surface area contributed by atoms with Crippen molar-refractivity contribution in [3.05, 3.63) is 45.9 Å². The molecule has 2 rings (SSSR count). The van der Waals surface area contributed by atoms with Crippen molar-refractivity contribution in [2.24, 2.45) is 0 Å². The van der Waals surface area contributed by atoms with Crippen LogP contribution in [-0.2, 0) is 17.8 Å². The molecule has 2 N–H and O–H groups in total. The maximum atomic E-state index is 12.5. The third kappa shape index (κ3) is 4.49. The smallest absolute Gasteiger partial charge is 0.311 e. The molecule has 0 atom stereocenters. The molecule has 0 radical (unpaired) electrons. The highest BCUT2D eigenvalue weighted by molar-refractivity contribution is 6.32. The monoisotopic (exact) mass is 381 g/mol. The van der Waals surface area contributed by atoms with Gasteiger partial charge in [-0.3, -0.25) is 9.59 Å². The molecule has 26 heavy (non-hydrogen) atoms. The number of methoxy groups -OCH3 is 1. The summed E-state index contributed by atoms with van der Waals surface area (Å²) in [5.41, 5.74) is 1.52. The number of furan rings is 1. The van der Waals surface area contributed by atoms with E-state index < -0.39 is 11.9 Å². The molecule has 0 spiro atoms. The molecule has 1 aromatic carbocycles. The van der Waals surface area contributed by atoms with Crippen LogP contribution in [0.2, 0.25) is 5.02 Å². The van der Waals surface area contributed by atoms with Crippen molar-refractivity contribution in [3.63, 3.8) is 0 Å². The van der Waals surface area contributed by atoms with Gasteiger partial charge < -0.3 is 24.3 Å². The van der Waals surface area contributed by atoms with Crippen LogP contribution in [-0.4, -0.2) is 30.7 Å². The average molecular weight is 382 g/mol. The molecule has 2 aromatic rings. The van der Waals surface area contributed by atoms with Gasteiger partial charge in [0.1, 0.15) is 12.2 Å². The minimum Gasteiger partial charge on any atom is -0.493 e. The summed E-state index contributed by atoms with van der Waals surface area (Å²) in [5, 5.41) is 12.0. The highest BCUT2D eigenvalue weighted by Gasteiger charge is 2.20.